The van der Waals surface area contributed by atoms with E-state index in [0.717, 1.165) is 43.6 Å². The van der Waals surface area contributed by atoms with Crippen molar-refractivity contribution < 1.29 is 4.79 Å². The van der Waals surface area contributed by atoms with Crippen LogP contribution in [-0.4, -0.2) is 35.8 Å². The lowest BCUT2D eigenvalue weighted by Crippen LogP contribution is -2.22. The van der Waals surface area contributed by atoms with Gasteiger partial charge in [-0.1, -0.05) is 36.4 Å². The summed E-state index contributed by atoms with van der Waals surface area (Å²) in [6, 6.07) is 15.6. The molecule has 2 aromatic rings. The minimum absolute atomic E-state index is 0.247. The maximum absolute atomic E-state index is 12.0. The van der Waals surface area contributed by atoms with Gasteiger partial charge in [-0.3, -0.25) is 9.78 Å². The second kappa shape index (κ2) is 9.11. The quantitative estimate of drug-likeness (QED) is 0.523. The summed E-state index contributed by atoms with van der Waals surface area (Å²) < 4.78 is 0. The molecule has 3 nitrogen and oxygen atoms in total. The van der Waals surface area contributed by atoms with E-state index in [9.17, 15) is 4.79 Å². The van der Waals surface area contributed by atoms with E-state index < -0.39 is 0 Å². The van der Waals surface area contributed by atoms with Crippen LogP contribution in [-0.2, 0) is 6.42 Å². The third-order valence-electron chi connectivity index (χ3n) is 3.77. The van der Waals surface area contributed by atoms with Gasteiger partial charge in [0.1, 0.15) is 0 Å². The van der Waals surface area contributed by atoms with Gasteiger partial charge in [0.15, 0.2) is 5.78 Å². The first kappa shape index (κ1) is 16.4. The van der Waals surface area contributed by atoms with Crippen molar-refractivity contribution in [1.29, 1.82) is 0 Å². The van der Waals surface area contributed by atoms with Crippen LogP contribution in [0.15, 0.2) is 54.7 Å². The maximum Gasteiger partial charge on any atom is 0.162 e. The van der Waals surface area contributed by atoms with Crippen molar-refractivity contribution in [2.24, 2.45) is 0 Å². The smallest absolute Gasteiger partial charge is 0.162 e. The minimum Gasteiger partial charge on any atom is -0.306 e. The summed E-state index contributed by atoms with van der Waals surface area (Å²) in [6.45, 7) is 2.03. The summed E-state index contributed by atoms with van der Waals surface area (Å²) in [5.74, 6) is 0.247. The van der Waals surface area contributed by atoms with Gasteiger partial charge in [0.25, 0.3) is 0 Å². The van der Waals surface area contributed by atoms with E-state index in [4.69, 9.17) is 0 Å². The van der Waals surface area contributed by atoms with Crippen molar-refractivity contribution in [1.82, 2.24) is 9.88 Å². The Bertz CT molecular complexity index is 554. The lowest BCUT2D eigenvalue weighted by atomic mass is 10.1. The molecule has 116 valence electrons. The number of unbranched alkanes of at least 4 members (excludes halogenated alkanes) is 1. The molecule has 0 saturated heterocycles. The van der Waals surface area contributed by atoms with Gasteiger partial charge in [0.2, 0.25) is 0 Å². The molecule has 0 amide bonds. The van der Waals surface area contributed by atoms with Crippen molar-refractivity contribution in [3.05, 3.63) is 66.0 Å². The summed E-state index contributed by atoms with van der Waals surface area (Å²) in [6.07, 6.45) is 5.45. The van der Waals surface area contributed by atoms with Gasteiger partial charge in [0.05, 0.1) is 0 Å². The Morgan fingerprint density at radius 1 is 1.00 bits per heavy atom. The molecule has 0 bridgehead atoms. The molecule has 0 unspecified atom stereocenters. The second-order valence-corrected chi connectivity index (χ2v) is 5.62. The fourth-order valence-electron chi connectivity index (χ4n) is 2.40. The van der Waals surface area contributed by atoms with Crippen LogP contribution in [0, 0.1) is 0 Å². The predicted octanol–water partition coefficient (Wildman–Crippen LogP) is 3.61. The number of rotatable bonds is 9. The highest BCUT2D eigenvalue weighted by atomic mass is 16.1. The van der Waals surface area contributed by atoms with Gasteiger partial charge in [-0.2, -0.15) is 0 Å². The van der Waals surface area contributed by atoms with Crippen LogP contribution < -0.4 is 0 Å². The van der Waals surface area contributed by atoms with Gasteiger partial charge in [0, 0.05) is 36.8 Å². The Balaban J connectivity index is 1.59. The number of likely N-dealkylation sites (N-methyl/N-ethyl adjacent to an activating group) is 1. The van der Waals surface area contributed by atoms with Crippen molar-refractivity contribution in [3.8, 4) is 0 Å². The average Bonchev–Trinajstić information content (AvgIpc) is 2.58. The fourth-order valence-corrected chi connectivity index (χ4v) is 2.40. The average molecular weight is 296 g/mol. The van der Waals surface area contributed by atoms with Crippen LogP contribution in [0.3, 0.4) is 0 Å². The SMILES string of the molecule is CN(CCCCC(=O)c1ccccc1)CCc1ccccn1. The molecule has 1 aromatic carbocycles. The molecular weight excluding hydrogens is 272 g/mol. The normalized spacial score (nSPS) is 10.8. The van der Waals surface area contributed by atoms with Crippen LogP contribution in [0.5, 0.6) is 0 Å². The van der Waals surface area contributed by atoms with Crippen molar-refractivity contribution in [2.75, 3.05) is 20.1 Å². The Hall–Kier alpha value is -2.00. The van der Waals surface area contributed by atoms with Gasteiger partial charge in [-0.15, -0.1) is 0 Å². The van der Waals surface area contributed by atoms with Crippen LogP contribution in [0.25, 0.3) is 0 Å². The number of pyridine rings is 1. The number of aromatic nitrogens is 1. The van der Waals surface area contributed by atoms with Gasteiger partial charge in [-0.25, -0.2) is 0 Å². The van der Waals surface area contributed by atoms with Crippen molar-refractivity contribution in [2.45, 2.75) is 25.7 Å². The second-order valence-electron chi connectivity index (χ2n) is 5.62. The number of Topliss-reactive ketones (excluding diaryl/α,β-unsaturated/α-hetero) is 1. The zero-order valence-corrected chi connectivity index (χ0v) is 13.2. The summed E-state index contributed by atoms with van der Waals surface area (Å²) >= 11 is 0. The Morgan fingerprint density at radius 2 is 1.77 bits per heavy atom. The number of ketones is 1. The van der Waals surface area contributed by atoms with E-state index in [1.54, 1.807) is 0 Å². The van der Waals surface area contributed by atoms with E-state index in [1.165, 1.54) is 0 Å². The summed E-state index contributed by atoms with van der Waals surface area (Å²) in [5, 5.41) is 0. The van der Waals surface area contributed by atoms with E-state index in [0.29, 0.717) is 6.42 Å². The molecule has 0 radical (unpaired) electrons. The number of carbonyl (C=O) groups excluding carboxylic acids is 1. The van der Waals surface area contributed by atoms with E-state index >= 15 is 0 Å². The van der Waals surface area contributed by atoms with Crippen LogP contribution in [0.2, 0.25) is 0 Å². The number of benzene rings is 1. The molecular formula is C19H24N2O. The zero-order valence-electron chi connectivity index (χ0n) is 13.2. The Morgan fingerprint density at radius 3 is 2.50 bits per heavy atom. The molecule has 3 heteroatoms. The molecule has 0 fully saturated rings. The molecule has 22 heavy (non-hydrogen) atoms. The fraction of sp³-hybridized carbons (Fsp3) is 0.368. The third kappa shape index (κ3) is 5.78. The van der Waals surface area contributed by atoms with Crippen LogP contribution >= 0.6 is 0 Å². The lowest BCUT2D eigenvalue weighted by molar-refractivity contribution is 0.0978. The molecule has 1 heterocycles. The molecule has 2 rings (SSSR count). The van der Waals surface area contributed by atoms with Crippen molar-refractivity contribution in [3.63, 3.8) is 0 Å². The first-order valence-corrected chi connectivity index (χ1v) is 7.92. The lowest BCUT2D eigenvalue weighted by Gasteiger charge is -2.15. The molecule has 0 saturated carbocycles. The van der Waals surface area contributed by atoms with E-state index in [1.807, 2.05) is 48.7 Å². The summed E-state index contributed by atoms with van der Waals surface area (Å²) in [4.78, 5) is 18.6. The predicted molar refractivity (Wildman–Crippen MR) is 90.1 cm³/mol. The standard InChI is InChI=1S/C19H24N2O/c1-21(16-13-18-11-5-7-14-20-18)15-8-6-12-19(22)17-9-3-2-4-10-17/h2-5,7,9-11,14H,6,8,12-13,15-16H2,1H3. The highest BCUT2D eigenvalue weighted by Gasteiger charge is 2.05. The first-order chi connectivity index (χ1) is 10.8. The van der Waals surface area contributed by atoms with Crippen LogP contribution in [0.1, 0.15) is 35.3 Å². The number of hydrogen-bond donors (Lipinski definition) is 0. The number of hydrogen-bond acceptors (Lipinski definition) is 3. The van der Waals surface area contributed by atoms with Crippen LogP contribution in [0.4, 0.5) is 0 Å². The minimum atomic E-state index is 0.247. The summed E-state index contributed by atoms with van der Waals surface area (Å²) in [5.41, 5.74) is 1.96. The summed E-state index contributed by atoms with van der Waals surface area (Å²) in [7, 11) is 2.13. The monoisotopic (exact) mass is 296 g/mol. The maximum atomic E-state index is 12.0. The van der Waals surface area contributed by atoms with Gasteiger partial charge in [-0.05, 0) is 38.6 Å². The molecule has 0 aliphatic rings. The van der Waals surface area contributed by atoms with E-state index in [-0.39, 0.29) is 5.78 Å². The molecule has 0 aliphatic carbocycles. The van der Waals surface area contributed by atoms with Gasteiger partial charge >= 0.3 is 0 Å². The Kier molecular flexibility index (Phi) is 6.78. The largest absolute Gasteiger partial charge is 0.306 e. The highest BCUT2D eigenvalue weighted by Crippen LogP contribution is 2.07. The number of carbonyl (C=O) groups is 1. The molecule has 0 spiro atoms. The third-order valence-corrected chi connectivity index (χ3v) is 3.77. The zero-order chi connectivity index (χ0) is 15.6. The molecule has 1 aromatic heterocycles. The number of nitrogens with zero attached hydrogens (tertiary/aromatic N) is 2. The van der Waals surface area contributed by atoms with E-state index in [2.05, 4.69) is 23.0 Å². The Labute approximate surface area is 133 Å². The first-order valence-electron chi connectivity index (χ1n) is 7.92. The highest BCUT2D eigenvalue weighted by molar-refractivity contribution is 5.95. The molecule has 0 N–H and O–H groups in total. The molecule has 0 atom stereocenters. The van der Waals surface area contributed by atoms with Gasteiger partial charge < -0.3 is 4.90 Å². The molecule has 0 aliphatic heterocycles. The van der Waals surface area contributed by atoms with Crippen molar-refractivity contribution >= 4 is 5.78 Å². The topological polar surface area (TPSA) is 33.2 Å².